The quantitative estimate of drug-likeness (QED) is 0.878. The van der Waals surface area contributed by atoms with E-state index < -0.39 is 18.3 Å². The van der Waals surface area contributed by atoms with Gasteiger partial charge in [-0.3, -0.25) is 4.79 Å². The molecule has 0 spiro atoms. The van der Waals surface area contributed by atoms with Crippen LogP contribution in [-0.2, 0) is 4.79 Å². The largest absolute Gasteiger partial charge is 0.481 e. The van der Waals surface area contributed by atoms with E-state index in [1.54, 1.807) is 5.38 Å². The first-order valence-corrected chi connectivity index (χ1v) is 6.31. The molecule has 17 heavy (non-hydrogen) atoms. The number of halogens is 2. The molecule has 0 radical (unpaired) electrons. The van der Waals surface area contributed by atoms with Crippen molar-refractivity contribution in [3.8, 4) is 0 Å². The molecule has 0 amide bonds. The van der Waals surface area contributed by atoms with E-state index in [1.165, 1.54) is 16.7 Å². The highest BCUT2D eigenvalue weighted by atomic mass is 32.1. The van der Waals surface area contributed by atoms with Crippen LogP contribution in [0.25, 0.3) is 0 Å². The van der Waals surface area contributed by atoms with Gasteiger partial charge in [-0.15, -0.1) is 0 Å². The van der Waals surface area contributed by atoms with Gasteiger partial charge >= 0.3 is 5.97 Å². The van der Waals surface area contributed by atoms with Crippen LogP contribution in [-0.4, -0.2) is 24.2 Å². The number of alkyl halides is 2. The second-order valence-electron chi connectivity index (χ2n) is 4.21. The van der Waals surface area contributed by atoms with Crippen molar-refractivity contribution in [3.05, 3.63) is 21.9 Å². The van der Waals surface area contributed by atoms with Crippen molar-refractivity contribution in [2.75, 3.05) is 13.1 Å². The summed E-state index contributed by atoms with van der Waals surface area (Å²) in [4.78, 5) is 10.9. The second kappa shape index (κ2) is 5.10. The fourth-order valence-corrected chi connectivity index (χ4v) is 3.12. The molecule has 1 aromatic heterocycles. The van der Waals surface area contributed by atoms with E-state index in [1.807, 2.05) is 0 Å². The summed E-state index contributed by atoms with van der Waals surface area (Å²) in [5.74, 6) is -1.48. The molecule has 0 aromatic carbocycles. The van der Waals surface area contributed by atoms with Gasteiger partial charge in [-0.25, -0.2) is 8.78 Å². The monoisotopic (exact) mass is 261 g/mol. The van der Waals surface area contributed by atoms with Gasteiger partial charge in [0.1, 0.15) is 0 Å². The highest BCUT2D eigenvalue weighted by molar-refractivity contribution is 7.08. The van der Waals surface area contributed by atoms with Crippen LogP contribution in [0.5, 0.6) is 0 Å². The van der Waals surface area contributed by atoms with Gasteiger partial charge in [0.2, 0.25) is 0 Å². The van der Waals surface area contributed by atoms with Crippen LogP contribution >= 0.6 is 11.3 Å². The number of hydrogen-bond acceptors (Lipinski definition) is 3. The van der Waals surface area contributed by atoms with Crippen LogP contribution in [0.2, 0.25) is 0 Å². The SMILES string of the molecule is O=C(O)C1CNCC(c2cscc2C(F)F)C1. The Balaban J connectivity index is 2.16. The number of carboxylic acid groups (broad SMARTS) is 1. The van der Waals surface area contributed by atoms with E-state index in [-0.39, 0.29) is 11.5 Å². The summed E-state index contributed by atoms with van der Waals surface area (Å²) in [7, 11) is 0. The van der Waals surface area contributed by atoms with Crippen molar-refractivity contribution in [2.45, 2.75) is 18.8 Å². The predicted molar refractivity (Wildman–Crippen MR) is 60.6 cm³/mol. The van der Waals surface area contributed by atoms with Crippen LogP contribution in [0.1, 0.15) is 29.9 Å². The molecular formula is C11H13F2NO2S. The lowest BCUT2D eigenvalue weighted by Gasteiger charge is -2.28. The van der Waals surface area contributed by atoms with Crippen molar-refractivity contribution in [3.63, 3.8) is 0 Å². The molecule has 2 N–H and O–H groups in total. The summed E-state index contributed by atoms with van der Waals surface area (Å²) in [6, 6.07) is 0. The van der Waals surface area contributed by atoms with Gasteiger partial charge in [0, 0.05) is 18.7 Å². The Hall–Kier alpha value is -1.01. The minimum atomic E-state index is -2.48. The van der Waals surface area contributed by atoms with E-state index in [0.29, 0.717) is 25.1 Å². The fraction of sp³-hybridized carbons (Fsp3) is 0.545. The van der Waals surface area contributed by atoms with E-state index in [0.717, 1.165) is 0 Å². The van der Waals surface area contributed by atoms with Gasteiger partial charge in [0.05, 0.1) is 5.92 Å². The van der Waals surface area contributed by atoms with Crippen molar-refractivity contribution in [2.24, 2.45) is 5.92 Å². The first-order chi connectivity index (χ1) is 8.09. The highest BCUT2D eigenvalue weighted by Gasteiger charge is 2.30. The van der Waals surface area contributed by atoms with Crippen molar-refractivity contribution < 1.29 is 18.7 Å². The zero-order valence-electron chi connectivity index (χ0n) is 9.03. The van der Waals surface area contributed by atoms with Crippen LogP contribution in [0.3, 0.4) is 0 Å². The molecule has 94 valence electrons. The molecule has 6 heteroatoms. The highest BCUT2D eigenvalue weighted by Crippen LogP contribution is 2.35. The zero-order chi connectivity index (χ0) is 12.4. The maximum atomic E-state index is 12.7. The van der Waals surface area contributed by atoms with Gasteiger partial charge in [-0.1, -0.05) is 0 Å². The molecule has 0 bridgehead atoms. The fourth-order valence-electron chi connectivity index (χ4n) is 2.19. The molecule has 2 unspecified atom stereocenters. The van der Waals surface area contributed by atoms with Gasteiger partial charge in [0.15, 0.2) is 0 Å². The lowest BCUT2D eigenvalue weighted by Crippen LogP contribution is -2.38. The summed E-state index contributed by atoms with van der Waals surface area (Å²) in [6.07, 6.45) is -2.06. The molecule has 1 aromatic rings. The molecule has 1 saturated heterocycles. The van der Waals surface area contributed by atoms with Crippen molar-refractivity contribution >= 4 is 17.3 Å². The van der Waals surface area contributed by atoms with E-state index in [4.69, 9.17) is 5.11 Å². The number of aliphatic carboxylic acids is 1. The Kier molecular flexibility index (Phi) is 3.73. The average molecular weight is 261 g/mol. The number of piperidine rings is 1. The standard InChI is InChI=1S/C11H13F2NO2S/c12-10(13)9-5-17-4-8(9)6-1-7(11(15)16)3-14-2-6/h4-7,10,14H,1-3H2,(H,15,16). The van der Waals surface area contributed by atoms with Crippen LogP contribution in [0.15, 0.2) is 10.8 Å². The summed E-state index contributed by atoms with van der Waals surface area (Å²) in [5, 5.41) is 15.1. The van der Waals surface area contributed by atoms with E-state index >= 15 is 0 Å². The number of carbonyl (C=O) groups is 1. The first-order valence-electron chi connectivity index (χ1n) is 5.37. The maximum absolute atomic E-state index is 12.7. The van der Waals surface area contributed by atoms with Crippen molar-refractivity contribution in [1.29, 1.82) is 0 Å². The maximum Gasteiger partial charge on any atom is 0.307 e. The zero-order valence-corrected chi connectivity index (χ0v) is 9.84. The lowest BCUT2D eigenvalue weighted by atomic mass is 9.85. The van der Waals surface area contributed by atoms with E-state index in [2.05, 4.69) is 5.32 Å². The lowest BCUT2D eigenvalue weighted by molar-refractivity contribution is -0.142. The van der Waals surface area contributed by atoms with Crippen LogP contribution < -0.4 is 5.32 Å². The summed E-state index contributed by atoms with van der Waals surface area (Å²) in [6.45, 7) is 0.986. The molecule has 3 nitrogen and oxygen atoms in total. The third-order valence-electron chi connectivity index (χ3n) is 3.10. The smallest absolute Gasteiger partial charge is 0.307 e. The number of nitrogens with one attached hydrogen (secondary N) is 1. The van der Waals surface area contributed by atoms with Gasteiger partial charge in [0.25, 0.3) is 6.43 Å². The Bertz CT molecular complexity index is 408. The molecule has 1 aliphatic heterocycles. The summed E-state index contributed by atoms with van der Waals surface area (Å²) in [5.41, 5.74) is 0.649. The Morgan fingerprint density at radius 3 is 2.88 bits per heavy atom. The van der Waals surface area contributed by atoms with E-state index in [9.17, 15) is 13.6 Å². The molecule has 2 heterocycles. The molecular weight excluding hydrogens is 248 g/mol. The topological polar surface area (TPSA) is 49.3 Å². The number of hydrogen-bond donors (Lipinski definition) is 2. The first kappa shape index (κ1) is 12.4. The van der Waals surface area contributed by atoms with Gasteiger partial charge < -0.3 is 10.4 Å². The summed E-state index contributed by atoms with van der Waals surface area (Å²) < 4.78 is 25.5. The number of thiophene rings is 1. The Labute approximate surface area is 101 Å². The molecule has 0 aliphatic carbocycles. The normalized spacial score (nSPS) is 25.1. The third-order valence-corrected chi connectivity index (χ3v) is 3.88. The second-order valence-corrected chi connectivity index (χ2v) is 4.95. The van der Waals surface area contributed by atoms with Gasteiger partial charge in [-0.05, 0) is 28.7 Å². The van der Waals surface area contributed by atoms with Crippen LogP contribution in [0.4, 0.5) is 8.78 Å². The molecule has 0 saturated carbocycles. The minimum absolute atomic E-state index is 0.0489. The third kappa shape index (κ3) is 2.63. The Morgan fingerprint density at radius 2 is 2.24 bits per heavy atom. The van der Waals surface area contributed by atoms with Gasteiger partial charge in [-0.2, -0.15) is 11.3 Å². The minimum Gasteiger partial charge on any atom is -0.481 e. The Morgan fingerprint density at radius 1 is 1.47 bits per heavy atom. The number of rotatable bonds is 3. The van der Waals surface area contributed by atoms with Crippen molar-refractivity contribution in [1.82, 2.24) is 5.32 Å². The molecule has 2 rings (SSSR count). The predicted octanol–water partition coefficient (Wildman–Crippen LogP) is 2.46. The molecule has 1 aliphatic rings. The molecule has 1 fully saturated rings. The average Bonchev–Trinajstić information content (AvgIpc) is 2.78. The number of carboxylic acids is 1. The summed E-state index contributed by atoms with van der Waals surface area (Å²) >= 11 is 1.24. The van der Waals surface area contributed by atoms with Crippen LogP contribution in [0, 0.1) is 5.92 Å². The molecule has 2 atom stereocenters.